The summed E-state index contributed by atoms with van der Waals surface area (Å²) in [5.74, 6) is -63.9. The highest BCUT2D eigenvalue weighted by Gasteiger charge is 2.96. The second-order valence-electron chi connectivity index (χ2n) is 5.39. The first-order valence-corrected chi connectivity index (χ1v) is 6.80. The fourth-order valence-corrected chi connectivity index (χ4v) is 1.61. The van der Waals surface area contributed by atoms with Crippen molar-refractivity contribution < 1.29 is 93.7 Å². The average molecular weight is 547 g/mol. The Bertz CT molecular complexity index is 725. The number of carboxylic acid groups (broad SMARTS) is 1. The van der Waals surface area contributed by atoms with Crippen molar-refractivity contribution in [3.8, 4) is 0 Å². The topological polar surface area (TPSA) is 46.5 Å². The van der Waals surface area contributed by atoms with Gasteiger partial charge in [0.25, 0.3) is 0 Å². The fraction of sp³-hybridized carbons (Fsp3) is 0.900. The molecule has 0 radical (unpaired) electrons. The summed E-state index contributed by atoms with van der Waals surface area (Å²) in [7, 11) is 0. The molecule has 0 amide bonds. The second kappa shape index (κ2) is 7.49. The smallest absolute Gasteiger partial charge is 0.445 e. The molecule has 0 aromatic heterocycles. The zero-order valence-electron chi connectivity index (χ0n) is 13.4. The van der Waals surface area contributed by atoms with E-state index in [9.17, 15) is 83.8 Å². The van der Waals surface area contributed by atoms with Crippen molar-refractivity contribution in [2.75, 3.05) is 0 Å². The predicted molar refractivity (Wildman–Crippen MR) is 59.1 cm³/mol. The van der Waals surface area contributed by atoms with Gasteiger partial charge in [0.1, 0.15) is 0 Å². The van der Waals surface area contributed by atoms with Crippen molar-refractivity contribution in [3.05, 3.63) is 0 Å². The summed E-state index contributed by atoms with van der Waals surface area (Å²) in [6, 6.07) is 0. The Morgan fingerprint density at radius 3 is 1.03 bits per heavy atom. The lowest BCUT2D eigenvalue weighted by molar-refractivity contribution is -0.486. The van der Waals surface area contributed by atoms with Gasteiger partial charge in [-0.25, -0.2) is 9.53 Å². The molecule has 0 aromatic carbocycles. The third-order valence-corrected chi connectivity index (χ3v) is 3.32. The van der Waals surface area contributed by atoms with Crippen LogP contribution in [0.5, 0.6) is 0 Å². The van der Waals surface area contributed by atoms with Gasteiger partial charge in [-0.1, -0.05) is 0 Å². The van der Waals surface area contributed by atoms with E-state index in [2.05, 4.69) is 11.6 Å². The second-order valence-corrected chi connectivity index (χ2v) is 5.83. The molecule has 0 heterocycles. The maximum Gasteiger partial charge on any atom is 0.445 e. The fourth-order valence-electron chi connectivity index (χ4n) is 1.51. The number of hydrogen-bond donors (Lipinski definition) is 1. The van der Waals surface area contributed by atoms with Crippen LogP contribution in [0.25, 0.3) is 0 Å². The van der Waals surface area contributed by atoms with Crippen molar-refractivity contribution in [2.45, 2.75) is 53.1 Å². The maximum absolute atomic E-state index is 13.3. The SMILES string of the molecule is O=C(O)C(F)(F)C(F)(F)C(F)(F)C(F)(F)C(F)(F)C(F)(F)C(F)(F)C(F)(F)OC(F)(F)Cl. The molecule has 3 nitrogen and oxygen atoms in total. The van der Waals surface area contributed by atoms with Crippen molar-refractivity contribution in [2.24, 2.45) is 0 Å². The summed E-state index contributed by atoms with van der Waals surface area (Å²) in [6.45, 7) is 0. The number of carboxylic acids is 1. The molecule has 0 fully saturated rings. The Kier molecular flexibility index (Phi) is 7.13. The molecule has 192 valence electrons. The highest BCUT2D eigenvalue weighted by molar-refractivity contribution is 6.20. The summed E-state index contributed by atoms with van der Waals surface area (Å²) in [5, 5.41) is 7.65. The zero-order valence-corrected chi connectivity index (χ0v) is 14.2. The van der Waals surface area contributed by atoms with Crippen molar-refractivity contribution >= 4 is 17.6 Å². The molecule has 0 bridgehead atoms. The van der Waals surface area contributed by atoms with Gasteiger partial charge in [-0.15, -0.1) is 0 Å². The van der Waals surface area contributed by atoms with Crippen LogP contribution >= 0.6 is 11.6 Å². The van der Waals surface area contributed by atoms with Gasteiger partial charge < -0.3 is 5.11 Å². The summed E-state index contributed by atoms with van der Waals surface area (Å²) in [5.41, 5.74) is -6.14. The van der Waals surface area contributed by atoms with Gasteiger partial charge in [-0.05, 0) is 11.6 Å². The molecule has 0 aromatic rings. The number of ether oxygens (including phenoxy) is 1. The van der Waals surface area contributed by atoms with Crippen LogP contribution < -0.4 is 0 Å². The van der Waals surface area contributed by atoms with Crippen LogP contribution in [0.15, 0.2) is 0 Å². The quantitative estimate of drug-likeness (QED) is 0.274. The summed E-state index contributed by atoms with van der Waals surface area (Å²) in [4.78, 5) is 9.85. The Labute approximate surface area is 165 Å². The van der Waals surface area contributed by atoms with E-state index < -0.39 is 59.1 Å². The van der Waals surface area contributed by atoms with E-state index >= 15 is 0 Å². The summed E-state index contributed by atoms with van der Waals surface area (Å²) >= 11 is 3.48. The molecule has 32 heavy (non-hydrogen) atoms. The maximum atomic E-state index is 13.3. The lowest BCUT2D eigenvalue weighted by Crippen LogP contribution is -2.75. The number of hydrogen-bond acceptors (Lipinski definition) is 2. The summed E-state index contributed by atoms with van der Waals surface area (Å²) in [6.07, 6.45) is -7.73. The molecule has 0 aliphatic rings. The van der Waals surface area contributed by atoms with Crippen LogP contribution in [-0.2, 0) is 9.53 Å². The third kappa shape index (κ3) is 3.98. The molecule has 0 aliphatic heterocycles. The zero-order chi connectivity index (χ0) is 26.8. The molecule has 0 saturated heterocycles. The molecule has 0 atom stereocenters. The van der Waals surface area contributed by atoms with Crippen LogP contribution in [0.3, 0.4) is 0 Å². The van der Waals surface area contributed by atoms with E-state index in [0.717, 1.165) is 0 Å². The largest absolute Gasteiger partial charge is 0.477 e. The number of rotatable bonds is 10. The van der Waals surface area contributed by atoms with Crippen LogP contribution in [0.2, 0.25) is 0 Å². The van der Waals surface area contributed by atoms with E-state index in [-0.39, 0.29) is 0 Å². The lowest BCUT2D eigenvalue weighted by atomic mass is 9.89. The molecule has 0 saturated carbocycles. The highest BCUT2D eigenvalue weighted by atomic mass is 35.5. The lowest BCUT2D eigenvalue weighted by Gasteiger charge is -2.43. The van der Waals surface area contributed by atoms with Crippen molar-refractivity contribution in [1.82, 2.24) is 0 Å². The van der Waals surface area contributed by atoms with Crippen LogP contribution in [0, 0.1) is 0 Å². The van der Waals surface area contributed by atoms with Crippen LogP contribution in [0.1, 0.15) is 0 Å². The molecule has 1 N–H and O–H groups in total. The minimum absolute atomic E-state index is 1.48. The third-order valence-electron chi connectivity index (χ3n) is 3.24. The molecule has 0 aliphatic carbocycles. The van der Waals surface area contributed by atoms with Gasteiger partial charge in [0.05, 0.1) is 0 Å². The number of carbonyl (C=O) groups is 1. The van der Waals surface area contributed by atoms with Crippen LogP contribution in [-0.4, -0.2) is 64.2 Å². The van der Waals surface area contributed by atoms with Gasteiger partial charge in [-0.3, -0.25) is 0 Å². The van der Waals surface area contributed by atoms with Crippen molar-refractivity contribution in [3.63, 3.8) is 0 Å². The normalized spacial score (nSPS) is 16.3. The molecule has 0 rings (SSSR count). The van der Waals surface area contributed by atoms with Gasteiger partial charge in [0.15, 0.2) is 0 Å². The number of halogens is 19. The number of aliphatic carboxylic acids is 1. The first-order valence-electron chi connectivity index (χ1n) is 6.43. The first-order chi connectivity index (χ1) is 13.4. The molecular formula is C10HClF18O3. The van der Waals surface area contributed by atoms with Gasteiger partial charge >= 0.3 is 59.1 Å². The van der Waals surface area contributed by atoms with Gasteiger partial charge in [-0.2, -0.15) is 79.0 Å². The summed E-state index contributed by atoms with van der Waals surface area (Å²) < 4.78 is 234. The van der Waals surface area contributed by atoms with E-state index in [1.54, 1.807) is 0 Å². The van der Waals surface area contributed by atoms with E-state index in [1.807, 2.05) is 0 Å². The Morgan fingerprint density at radius 2 is 0.781 bits per heavy atom. The van der Waals surface area contributed by atoms with Crippen molar-refractivity contribution in [1.29, 1.82) is 0 Å². The molecular weight excluding hydrogens is 546 g/mol. The van der Waals surface area contributed by atoms with E-state index in [0.29, 0.717) is 0 Å². The first kappa shape index (κ1) is 30.5. The van der Waals surface area contributed by atoms with Gasteiger partial charge in [0, 0.05) is 0 Å². The Hall–Kier alpha value is -1.54. The minimum atomic E-state index is -8.92. The highest BCUT2D eigenvalue weighted by Crippen LogP contribution is 2.64. The van der Waals surface area contributed by atoms with E-state index in [1.165, 1.54) is 4.74 Å². The predicted octanol–water partition coefficient (Wildman–Crippen LogP) is 5.92. The Morgan fingerprint density at radius 1 is 0.531 bits per heavy atom. The molecule has 22 heteroatoms. The standard InChI is InChI=1S/C10HClF18O3/c11-10(28,29)32-9(26,27)8(24,25)7(22,23)6(20,21)5(18,19)4(16,17)3(14,15)2(12,13)1(30)31/h(H,30,31). The average Bonchev–Trinajstić information content (AvgIpc) is 2.50. The number of alkyl halides is 19. The molecule has 0 unspecified atom stereocenters. The molecule has 0 spiro atoms. The van der Waals surface area contributed by atoms with E-state index in [4.69, 9.17) is 5.11 Å². The Balaban J connectivity index is 6.84. The van der Waals surface area contributed by atoms with Crippen LogP contribution in [0.4, 0.5) is 79.0 Å². The minimum Gasteiger partial charge on any atom is -0.477 e. The van der Waals surface area contributed by atoms with Gasteiger partial charge in [0.2, 0.25) is 0 Å². The monoisotopic (exact) mass is 546 g/mol.